The first-order chi connectivity index (χ1) is 42.2. The summed E-state index contributed by atoms with van der Waals surface area (Å²) < 4.78 is 0. The number of fused-ring (bicyclic) bond motifs is 6. The van der Waals surface area contributed by atoms with Crippen LogP contribution in [0.3, 0.4) is 0 Å². The standard InChI is InChI=1S/2C14H11N.C14H27N.C13H25N.C13H13N.C12H11N/c15-12-7-8-14-11(9-12)6-5-10-3-1-2-4-13(10)14;15-12-8-7-11-6-5-10-3-1-2-4-13(10)14(11)9-12;15-11-14(12-7-3-1-4-8-12)13-9-5-2-6-10-13;14-13(11-7-3-1-4-8-11)12-9-5-2-6-10-12;14-10-11-6-8-13(9-7-11)12-4-2-1-3-5-12;13-12-8-6-11(7-9-12)10-4-2-1-3-5-10/h2*1-9H,15H2;12-14H,1-11,15H2;11-13H,1-10,14H2;1-9H,10,14H2;1-9H,13H2. The summed E-state index contributed by atoms with van der Waals surface area (Å²) in [6.45, 7) is 1.56. The highest BCUT2D eigenvalue weighted by molar-refractivity contribution is 6.09. The summed E-state index contributed by atoms with van der Waals surface area (Å²) in [5.41, 5.74) is 43.7. The molecule has 12 N–H and O–H groups in total. The molecule has 86 heavy (non-hydrogen) atoms. The zero-order valence-electron chi connectivity index (χ0n) is 51.3. The van der Waals surface area contributed by atoms with Crippen LogP contribution in [0.25, 0.3) is 65.3 Å². The molecule has 0 aromatic heterocycles. The Morgan fingerprint density at radius 2 is 0.628 bits per heavy atom. The van der Waals surface area contributed by atoms with Crippen LogP contribution in [-0.4, -0.2) is 12.6 Å². The second kappa shape index (κ2) is 33.4. The molecule has 0 bridgehead atoms. The maximum atomic E-state index is 6.42. The van der Waals surface area contributed by atoms with E-state index in [9.17, 15) is 0 Å². The molecule has 0 radical (unpaired) electrons. The smallest absolute Gasteiger partial charge is 0.0320 e. The van der Waals surface area contributed by atoms with Gasteiger partial charge in [-0.2, -0.15) is 0 Å². The second-order valence-electron chi connectivity index (χ2n) is 24.9. The molecule has 14 rings (SSSR count). The summed E-state index contributed by atoms with van der Waals surface area (Å²) >= 11 is 0. The van der Waals surface area contributed by atoms with Crippen molar-refractivity contribution in [2.75, 3.05) is 23.7 Å². The number of hydrogen-bond acceptors (Lipinski definition) is 6. The predicted octanol–water partition coefficient (Wildman–Crippen LogP) is 20.1. The molecule has 0 heterocycles. The summed E-state index contributed by atoms with van der Waals surface area (Å²) in [6, 6.07) is 74.8. The van der Waals surface area contributed by atoms with Crippen molar-refractivity contribution < 1.29 is 0 Å². The molecule has 0 amide bonds. The number of nitrogen functional groups attached to an aromatic ring is 3. The van der Waals surface area contributed by atoms with Crippen molar-refractivity contribution in [1.82, 2.24) is 0 Å². The Bertz CT molecular complexity index is 3500. The molecule has 0 saturated heterocycles. The molecule has 4 saturated carbocycles. The predicted molar refractivity (Wildman–Crippen MR) is 375 cm³/mol. The van der Waals surface area contributed by atoms with Crippen molar-refractivity contribution >= 4 is 60.2 Å². The third-order valence-corrected chi connectivity index (χ3v) is 19.0. The van der Waals surface area contributed by atoms with Gasteiger partial charge in [-0.05, 0) is 169 Å². The van der Waals surface area contributed by atoms with E-state index in [0.717, 1.165) is 53.2 Å². The zero-order chi connectivity index (χ0) is 59.7. The van der Waals surface area contributed by atoms with E-state index in [1.807, 2.05) is 84.9 Å². The Balaban J connectivity index is 0.000000123. The minimum atomic E-state index is 0.538. The zero-order valence-corrected chi connectivity index (χ0v) is 51.3. The molecule has 10 aromatic carbocycles. The fraction of sp³-hybridized carbons (Fsp3) is 0.350. The van der Waals surface area contributed by atoms with Crippen LogP contribution < -0.4 is 34.4 Å². The van der Waals surface area contributed by atoms with Crippen LogP contribution in [0.4, 0.5) is 17.1 Å². The first-order valence-electron chi connectivity index (χ1n) is 32.8. The summed E-state index contributed by atoms with van der Waals surface area (Å²) in [6.07, 6.45) is 29.0. The third kappa shape index (κ3) is 18.3. The van der Waals surface area contributed by atoms with E-state index in [2.05, 4.69) is 133 Å². The second-order valence-corrected chi connectivity index (χ2v) is 24.9. The Morgan fingerprint density at radius 1 is 0.291 bits per heavy atom. The molecule has 4 aliphatic carbocycles. The van der Waals surface area contributed by atoms with E-state index < -0.39 is 0 Å². The van der Waals surface area contributed by atoms with Gasteiger partial charge in [0.25, 0.3) is 0 Å². The molecule has 0 unspecified atom stereocenters. The molecule has 4 fully saturated rings. The third-order valence-electron chi connectivity index (χ3n) is 19.0. The van der Waals surface area contributed by atoms with E-state index in [1.54, 1.807) is 0 Å². The topological polar surface area (TPSA) is 156 Å². The number of hydrogen-bond donors (Lipinski definition) is 6. The average molecular weight is 1140 g/mol. The average Bonchev–Trinajstić information content (AvgIpc) is 3.76. The van der Waals surface area contributed by atoms with E-state index in [0.29, 0.717) is 12.6 Å². The lowest BCUT2D eigenvalue weighted by Gasteiger charge is -2.37. The van der Waals surface area contributed by atoms with Gasteiger partial charge in [0, 0.05) is 29.6 Å². The van der Waals surface area contributed by atoms with Crippen molar-refractivity contribution in [3.63, 3.8) is 0 Å². The van der Waals surface area contributed by atoms with Gasteiger partial charge >= 0.3 is 0 Å². The molecule has 0 aliphatic heterocycles. The normalized spacial score (nSPS) is 15.9. The van der Waals surface area contributed by atoms with Gasteiger partial charge in [0.05, 0.1) is 0 Å². The number of nitrogens with two attached hydrogens (primary N) is 6. The van der Waals surface area contributed by atoms with Crippen LogP contribution in [0.5, 0.6) is 0 Å². The van der Waals surface area contributed by atoms with Crippen molar-refractivity contribution in [3.8, 4) is 22.3 Å². The fourth-order valence-corrected chi connectivity index (χ4v) is 14.1. The summed E-state index contributed by atoms with van der Waals surface area (Å²) in [5, 5.41) is 10.0. The van der Waals surface area contributed by atoms with Crippen LogP contribution in [0.15, 0.2) is 218 Å². The van der Waals surface area contributed by atoms with Crippen LogP contribution in [0.2, 0.25) is 0 Å². The maximum Gasteiger partial charge on any atom is 0.0320 e. The highest BCUT2D eigenvalue weighted by Crippen LogP contribution is 2.40. The lowest BCUT2D eigenvalue weighted by Crippen LogP contribution is -2.39. The first-order valence-corrected chi connectivity index (χ1v) is 32.8. The highest BCUT2D eigenvalue weighted by Gasteiger charge is 2.31. The number of benzene rings is 10. The Morgan fingerprint density at radius 3 is 1.09 bits per heavy atom. The van der Waals surface area contributed by atoms with Crippen molar-refractivity contribution in [1.29, 1.82) is 0 Å². The minimum Gasteiger partial charge on any atom is -0.399 e. The molecule has 448 valence electrons. The fourth-order valence-electron chi connectivity index (χ4n) is 14.1. The number of anilines is 3. The number of rotatable bonds is 8. The Labute approximate surface area is 515 Å². The molecule has 0 spiro atoms. The molecule has 6 heteroatoms. The van der Waals surface area contributed by atoms with Gasteiger partial charge in [-0.25, -0.2) is 0 Å². The molecule has 10 aromatic rings. The van der Waals surface area contributed by atoms with Gasteiger partial charge in [0.2, 0.25) is 0 Å². The van der Waals surface area contributed by atoms with E-state index in [4.69, 9.17) is 34.4 Å². The van der Waals surface area contributed by atoms with E-state index >= 15 is 0 Å². The Hall–Kier alpha value is -7.48. The van der Waals surface area contributed by atoms with Crippen LogP contribution in [0.1, 0.15) is 134 Å². The summed E-state index contributed by atoms with van der Waals surface area (Å²) in [5.74, 6) is 4.56. The summed E-state index contributed by atoms with van der Waals surface area (Å²) in [4.78, 5) is 0. The summed E-state index contributed by atoms with van der Waals surface area (Å²) in [7, 11) is 0. The molecule has 6 nitrogen and oxygen atoms in total. The van der Waals surface area contributed by atoms with Gasteiger partial charge in [-0.15, -0.1) is 0 Å². The van der Waals surface area contributed by atoms with Gasteiger partial charge in [0.1, 0.15) is 0 Å². The van der Waals surface area contributed by atoms with Gasteiger partial charge < -0.3 is 34.4 Å². The van der Waals surface area contributed by atoms with Gasteiger partial charge in [0.15, 0.2) is 0 Å². The van der Waals surface area contributed by atoms with E-state index in [1.165, 1.54) is 199 Å². The van der Waals surface area contributed by atoms with Gasteiger partial charge in [-0.3, -0.25) is 0 Å². The lowest BCUT2D eigenvalue weighted by molar-refractivity contribution is 0.150. The maximum absolute atomic E-state index is 6.42. The molecular weight excluding hydrogens is 1040 g/mol. The minimum absolute atomic E-state index is 0.538. The quantitative estimate of drug-likeness (QED) is 0.0657. The van der Waals surface area contributed by atoms with Crippen LogP contribution in [0, 0.1) is 29.6 Å². The molecule has 4 aliphatic rings. The lowest BCUT2D eigenvalue weighted by atomic mass is 9.70. The monoisotopic (exact) mass is 1140 g/mol. The Kier molecular flexibility index (Phi) is 24.5. The van der Waals surface area contributed by atoms with E-state index in [-0.39, 0.29) is 0 Å². The van der Waals surface area contributed by atoms with Crippen LogP contribution >= 0.6 is 0 Å². The van der Waals surface area contributed by atoms with Crippen molar-refractivity contribution in [2.24, 2.45) is 46.8 Å². The largest absolute Gasteiger partial charge is 0.399 e. The highest BCUT2D eigenvalue weighted by atomic mass is 14.7. The van der Waals surface area contributed by atoms with Crippen molar-refractivity contribution in [3.05, 3.63) is 224 Å². The molecule has 0 atom stereocenters. The van der Waals surface area contributed by atoms with Gasteiger partial charge in [-0.1, -0.05) is 285 Å². The van der Waals surface area contributed by atoms with Crippen LogP contribution in [-0.2, 0) is 6.54 Å². The SMILES string of the molecule is NC(C1CCCCC1)C1CCCCC1.NCC(C1CCCCC1)C1CCCCC1.NCc1ccc(-c2ccccc2)cc1.Nc1ccc(-c2ccccc2)cc1.Nc1ccc2c(ccc3ccccc32)c1.Nc1ccc2ccc3ccccc3c2c1. The van der Waals surface area contributed by atoms with Crippen molar-refractivity contribution in [2.45, 2.75) is 141 Å². The first kappa shape index (κ1) is 63.0. The molecular formula is C80H98N6.